The molecule has 0 saturated carbocycles. The van der Waals surface area contributed by atoms with Gasteiger partial charge in [0.2, 0.25) is 0 Å². The van der Waals surface area contributed by atoms with Crippen molar-refractivity contribution < 1.29 is 21.8 Å². The van der Waals surface area contributed by atoms with E-state index in [4.69, 9.17) is 21.8 Å². The van der Waals surface area contributed by atoms with E-state index in [0.29, 0.717) is 23.0 Å². The SMILES string of the molecule is C[Si](Oc1ccccc1)(Oc1ccccc1)O[Si](C)(Oc1ccccc1)Oc1ccccc1. The highest BCUT2D eigenvalue weighted by Crippen LogP contribution is 2.28. The molecular weight excluding hydrogens is 448 g/mol. The largest absolute Gasteiger partial charge is 0.623 e. The topological polar surface area (TPSA) is 46.2 Å². The second-order valence-electron chi connectivity index (χ2n) is 7.49. The summed E-state index contributed by atoms with van der Waals surface area (Å²) >= 11 is 0. The molecule has 0 aliphatic heterocycles. The van der Waals surface area contributed by atoms with Crippen LogP contribution in [0.2, 0.25) is 13.1 Å². The average Bonchev–Trinajstić information content (AvgIpc) is 2.81. The number of rotatable bonds is 10. The Morgan fingerprint density at radius 3 is 0.788 bits per heavy atom. The molecule has 4 aromatic carbocycles. The molecule has 0 radical (unpaired) electrons. The first kappa shape index (κ1) is 22.7. The molecule has 0 aromatic heterocycles. The van der Waals surface area contributed by atoms with E-state index in [-0.39, 0.29) is 0 Å². The maximum atomic E-state index is 6.63. The van der Waals surface area contributed by atoms with Crippen molar-refractivity contribution in [2.75, 3.05) is 0 Å². The number of benzene rings is 4. The van der Waals surface area contributed by atoms with Gasteiger partial charge in [0.25, 0.3) is 0 Å². The fourth-order valence-electron chi connectivity index (χ4n) is 3.27. The fraction of sp³-hybridized carbons (Fsp3) is 0.0769. The van der Waals surface area contributed by atoms with Crippen LogP contribution >= 0.6 is 0 Å². The summed E-state index contributed by atoms with van der Waals surface area (Å²) in [5, 5.41) is 0. The van der Waals surface area contributed by atoms with Gasteiger partial charge in [0, 0.05) is 13.1 Å². The summed E-state index contributed by atoms with van der Waals surface area (Å²) in [4.78, 5) is 0. The summed E-state index contributed by atoms with van der Waals surface area (Å²) in [7, 11) is -6.72. The molecule has 0 atom stereocenters. The molecule has 7 heteroatoms. The van der Waals surface area contributed by atoms with Gasteiger partial charge in [-0.05, 0) is 48.5 Å². The molecule has 0 fully saturated rings. The smallest absolute Gasteiger partial charge is 0.493 e. The Hall–Kier alpha value is -3.53. The summed E-state index contributed by atoms with van der Waals surface area (Å²) in [6, 6.07) is 38.0. The lowest BCUT2D eigenvalue weighted by Gasteiger charge is -2.34. The molecular formula is C26H26O5Si2. The Balaban J connectivity index is 1.67. The third-order valence-electron chi connectivity index (χ3n) is 4.56. The molecule has 168 valence electrons. The quantitative estimate of drug-likeness (QED) is 0.247. The van der Waals surface area contributed by atoms with Crippen molar-refractivity contribution in [1.29, 1.82) is 0 Å². The number of para-hydroxylation sites is 4. The van der Waals surface area contributed by atoms with Crippen LogP contribution in [0.5, 0.6) is 23.0 Å². The van der Waals surface area contributed by atoms with Crippen molar-refractivity contribution in [2.45, 2.75) is 13.1 Å². The van der Waals surface area contributed by atoms with Gasteiger partial charge in [-0.3, -0.25) is 0 Å². The Morgan fingerprint density at radius 2 is 0.576 bits per heavy atom. The maximum Gasteiger partial charge on any atom is 0.623 e. The van der Waals surface area contributed by atoms with Gasteiger partial charge in [0.15, 0.2) is 0 Å². The van der Waals surface area contributed by atoms with Crippen molar-refractivity contribution in [3.63, 3.8) is 0 Å². The van der Waals surface area contributed by atoms with Crippen molar-refractivity contribution in [3.05, 3.63) is 121 Å². The van der Waals surface area contributed by atoms with E-state index in [9.17, 15) is 0 Å². The number of hydrogen-bond donors (Lipinski definition) is 0. The zero-order chi connectivity index (χ0) is 23.0. The highest BCUT2D eigenvalue weighted by molar-refractivity contribution is 6.75. The zero-order valence-electron chi connectivity index (χ0n) is 18.6. The van der Waals surface area contributed by atoms with Crippen molar-refractivity contribution in [3.8, 4) is 23.0 Å². The first-order valence-corrected chi connectivity index (χ1v) is 15.1. The van der Waals surface area contributed by atoms with E-state index in [0.717, 1.165) is 0 Å². The van der Waals surface area contributed by atoms with Crippen LogP contribution in [0, 0.1) is 0 Å². The maximum absolute atomic E-state index is 6.63. The minimum atomic E-state index is -3.36. The Labute approximate surface area is 196 Å². The summed E-state index contributed by atoms with van der Waals surface area (Å²) in [6.45, 7) is 3.70. The zero-order valence-corrected chi connectivity index (χ0v) is 20.6. The van der Waals surface area contributed by atoms with Gasteiger partial charge in [-0.15, -0.1) is 0 Å². The normalized spacial score (nSPS) is 11.5. The second kappa shape index (κ2) is 10.4. The second-order valence-corrected chi connectivity index (χ2v) is 12.6. The third kappa shape index (κ3) is 6.73. The van der Waals surface area contributed by atoms with Gasteiger partial charge in [0.05, 0.1) is 0 Å². The van der Waals surface area contributed by atoms with Crippen LogP contribution in [-0.4, -0.2) is 17.6 Å². The molecule has 4 rings (SSSR count). The summed E-state index contributed by atoms with van der Waals surface area (Å²) in [5.74, 6) is 2.61. The van der Waals surface area contributed by atoms with E-state index in [2.05, 4.69) is 0 Å². The molecule has 33 heavy (non-hydrogen) atoms. The standard InChI is InChI=1S/C26H26O5Si2/c1-32(27-23-15-7-3-8-16-23,28-24-17-9-4-10-18-24)31-33(2,29-25-19-11-5-12-20-25)30-26-21-13-6-14-22-26/h3-22H,1-2H3. The molecule has 4 aromatic rings. The van der Waals surface area contributed by atoms with Gasteiger partial charge >= 0.3 is 17.6 Å². The monoisotopic (exact) mass is 474 g/mol. The van der Waals surface area contributed by atoms with Crippen LogP contribution in [0.1, 0.15) is 0 Å². The van der Waals surface area contributed by atoms with Crippen LogP contribution < -0.4 is 17.7 Å². The highest BCUT2D eigenvalue weighted by Gasteiger charge is 2.54. The molecule has 0 saturated heterocycles. The van der Waals surface area contributed by atoms with Crippen molar-refractivity contribution in [2.24, 2.45) is 0 Å². The van der Waals surface area contributed by atoms with Crippen molar-refractivity contribution in [1.82, 2.24) is 0 Å². The molecule has 0 unspecified atom stereocenters. The first-order chi connectivity index (χ1) is 16.0. The Morgan fingerprint density at radius 1 is 0.364 bits per heavy atom. The molecule has 0 spiro atoms. The van der Waals surface area contributed by atoms with Crippen LogP contribution in [0.4, 0.5) is 0 Å². The van der Waals surface area contributed by atoms with Gasteiger partial charge in [0.1, 0.15) is 23.0 Å². The Kier molecular flexibility index (Phi) is 7.14. The van der Waals surface area contributed by atoms with E-state index in [1.807, 2.05) is 134 Å². The minimum Gasteiger partial charge on any atom is -0.493 e. The number of hydrogen-bond acceptors (Lipinski definition) is 5. The van der Waals surface area contributed by atoms with E-state index < -0.39 is 17.6 Å². The summed E-state index contributed by atoms with van der Waals surface area (Å²) in [5.41, 5.74) is 0. The third-order valence-corrected chi connectivity index (χ3v) is 9.95. The molecule has 0 N–H and O–H groups in total. The molecule has 0 amide bonds. The first-order valence-electron chi connectivity index (χ1n) is 10.7. The van der Waals surface area contributed by atoms with E-state index in [1.165, 1.54) is 0 Å². The van der Waals surface area contributed by atoms with Gasteiger partial charge in [-0.2, -0.15) is 0 Å². The Bertz CT molecular complexity index is 939. The van der Waals surface area contributed by atoms with E-state index in [1.54, 1.807) is 0 Å². The minimum absolute atomic E-state index is 0.651. The van der Waals surface area contributed by atoms with Gasteiger partial charge in [-0.1, -0.05) is 72.8 Å². The van der Waals surface area contributed by atoms with Crippen LogP contribution in [-0.2, 0) is 4.12 Å². The lowest BCUT2D eigenvalue weighted by atomic mass is 10.3. The lowest BCUT2D eigenvalue weighted by molar-refractivity contribution is 0.191. The molecule has 0 bridgehead atoms. The van der Waals surface area contributed by atoms with Crippen LogP contribution in [0.15, 0.2) is 121 Å². The van der Waals surface area contributed by atoms with Crippen LogP contribution in [0.3, 0.4) is 0 Å². The predicted molar refractivity (Wildman–Crippen MR) is 133 cm³/mol. The van der Waals surface area contributed by atoms with Crippen molar-refractivity contribution >= 4 is 17.6 Å². The molecule has 0 aliphatic carbocycles. The fourth-order valence-corrected chi connectivity index (χ4v) is 8.97. The molecule has 0 aliphatic rings. The summed E-state index contributed by atoms with van der Waals surface area (Å²) < 4.78 is 32.0. The molecule has 0 heterocycles. The average molecular weight is 475 g/mol. The van der Waals surface area contributed by atoms with Gasteiger partial charge in [-0.25, -0.2) is 0 Å². The molecule has 5 nitrogen and oxygen atoms in total. The predicted octanol–water partition coefficient (Wildman–Crippen LogP) is 6.46. The summed E-state index contributed by atoms with van der Waals surface area (Å²) in [6.07, 6.45) is 0. The highest BCUT2D eigenvalue weighted by atomic mass is 28.5. The van der Waals surface area contributed by atoms with Crippen LogP contribution in [0.25, 0.3) is 0 Å². The lowest BCUT2D eigenvalue weighted by Crippen LogP contribution is -2.62. The van der Waals surface area contributed by atoms with E-state index >= 15 is 0 Å². The van der Waals surface area contributed by atoms with Gasteiger partial charge < -0.3 is 21.8 Å².